The van der Waals surface area contributed by atoms with Crippen LogP contribution in [0.15, 0.2) is 42.5 Å². The van der Waals surface area contributed by atoms with Crippen LogP contribution in [0.2, 0.25) is 0 Å². The Hall–Kier alpha value is -2.63. The Morgan fingerprint density at radius 3 is 2.43 bits per heavy atom. The summed E-state index contributed by atoms with van der Waals surface area (Å²) < 4.78 is 28.3. The highest BCUT2D eigenvalue weighted by molar-refractivity contribution is 6.08. The van der Waals surface area contributed by atoms with Gasteiger partial charge in [-0.2, -0.15) is 8.78 Å². The fourth-order valence-corrected chi connectivity index (χ4v) is 1.91. The van der Waals surface area contributed by atoms with Crippen LogP contribution in [0.4, 0.5) is 20.2 Å². The lowest BCUT2D eigenvalue weighted by Crippen LogP contribution is -2.15. The van der Waals surface area contributed by atoms with Crippen molar-refractivity contribution in [3.63, 3.8) is 0 Å². The molecule has 0 unspecified atom stereocenters. The first-order chi connectivity index (χ1) is 9.97. The zero-order valence-electron chi connectivity index (χ0n) is 11.3. The summed E-state index contributed by atoms with van der Waals surface area (Å²) >= 11 is 0. The number of benzene rings is 2. The second kappa shape index (κ2) is 6.21. The molecule has 2 rings (SSSR count). The summed E-state index contributed by atoms with van der Waals surface area (Å²) in [7, 11) is 0. The van der Waals surface area contributed by atoms with E-state index in [1.165, 1.54) is 24.3 Å². The minimum atomic E-state index is -2.88. The van der Waals surface area contributed by atoms with Crippen LogP contribution in [0.3, 0.4) is 0 Å². The first kappa shape index (κ1) is 14.8. The molecular formula is C15H14F2N2O2. The average molecular weight is 292 g/mol. The summed E-state index contributed by atoms with van der Waals surface area (Å²) in [6.07, 6.45) is 0. The number of anilines is 2. The van der Waals surface area contributed by atoms with Crippen molar-refractivity contribution in [2.75, 3.05) is 11.1 Å². The van der Waals surface area contributed by atoms with Crippen molar-refractivity contribution in [3.05, 3.63) is 53.6 Å². The van der Waals surface area contributed by atoms with Gasteiger partial charge in [0.1, 0.15) is 5.75 Å². The maximum Gasteiger partial charge on any atom is 0.387 e. The van der Waals surface area contributed by atoms with Gasteiger partial charge in [-0.3, -0.25) is 4.79 Å². The molecule has 1 amide bonds. The Kier molecular flexibility index (Phi) is 4.37. The van der Waals surface area contributed by atoms with Gasteiger partial charge >= 0.3 is 6.61 Å². The monoisotopic (exact) mass is 292 g/mol. The Balaban J connectivity index is 2.13. The Morgan fingerprint density at radius 2 is 1.86 bits per heavy atom. The van der Waals surface area contributed by atoms with E-state index in [4.69, 9.17) is 5.73 Å². The maximum atomic E-state index is 12.2. The summed E-state index contributed by atoms with van der Waals surface area (Å²) in [6.45, 7) is -1.09. The number of alkyl halides is 2. The predicted molar refractivity (Wildman–Crippen MR) is 76.6 cm³/mol. The fourth-order valence-electron chi connectivity index (χ4n) is 1.91. The van der Waals surface area contributed by atoms with Crippen LogP contribution in [0.1, 0.15) is 15.9 Å². The Labute approximate surface area is 120 Å². The summed E-state index contributed by atoms with van der Waals surface area (Å²) in [5.41, 5.74) is 7.78. The number of aryl methyl sites for hydroxylation is 1. The molecule has 0 atom stereocenters. The first-order valence-corrected chi connectivity index (χ1v) is 6.18. The second-order valence-electron chi connectivity index (χ2n) is 4.40. The molecule has 0 aliphatic carbocycles. The van der Waals surface area contributed by atoms with Crippen LogP contribution in [0.5, 0.6) is 5.75 Å². The molecule has 2 aromatic rings. The van der Waals surface area contributed by atoms with E-state index < -0.39 is 6.61 Å². The van der Waals surface area contributed by atoms with Gasteiger partial charge in [0.05, 0.1) is 5.56 Å². The van der Waals surface area contributed by atoms with E-state index in [1.807, 2.05) is 0 Å². The Bertz CT molecular complexity index is 622. The van der Waals surface area contributed by atoms with E-state index in [0.717, 1.165) is 5.56 Å². The van der Waals surface area contributed by atoms with Crippen molar-refractivity contribution in [1.29, 1.82) is 0 Å². The quantitative estimate of drug-likeness (QED) is 0.848. The van der Waals surface area contributed by atoms with Crippen molar-refractivity contribution in [2.24, 2.45) is 0 Å². The predicted octanol–water partition coefficient (Wildman–Crippen LogP) is 3.43. The lowest BCUT2D eigenvalue weighted by Gasteiger charge is -2.11. The van der Waals surface area contributed by atoms with Crippen molar-refractivity contribution in [3.8, 4) is 5.75 Å². The van der Waals surface area contributed by atoms with Gasteiger partial charge in [-0.15, -0.1) is 0 Å². The molecule has 0 bridgehead atoms. The zero-order valence-corrected chi connectivity index (χ0v) is 11.3. The van der Waals surface area contributed by atoms with Gasteiger partial charge in [-0.1, -0.05) is 12.1 Å². The topological polar surface area (TPSA) is 64.4 Å². The molecule has 0 spiro atoms. The molecule has 6 heteroatoms. The molecule has 2 aromatic carbocycles. The molecule has 3 N–H and O–H groups in total. The van der Waals surface area contributed by atoms with Gasteiger partial charge in [0.15, 0.2) is 0 Å². The molecule has 0 saturated carbocycles. The second-order valence-corrected chi connectivity index (χ2v) is 4.40. The SMILES string of the molecule is Cc1cccc(N)c1C(=O)Nc1ccc(OC(F)F)cc1. The largest absolute Gasteiger partial charge is 0.435 e. The van der Waals surface area contributed by atoms with Gasteiger partial charge in [-0.25, -0.2) is 0 Å². The lowest BCUT2D eigenvalue weighted by molar-refractivity contribution is -0.0498. The van der Waals surface area contributed by atoms with Gasteiger partial charge < -0.3 is 15.8 Å². The first-order valence-electron chi connectivity index (χ1n) is 6.18. The van der Waals surface area contributed by atoms with Gasteiger partial charge in [-0.05, 0) is 42.8 Å². The number of amides is 1. The summed E-state index contributed by atoms with van der Waals surface area (Å²) in [5, 5.41) is 2.66. The van der Waals surface area contributed by atoms with Crippen LogP contribution < -0.4 is 15.8 Å². The number of ether oxygens (including phenoxy) is 1. The smallest absolute Gasteiger partial charge is 0.387 e. The molecule has 0 radical (unpaired) electrons. The van der Waals surface area contributed by atoms with Crippen molar-refractivity contribution in [1.82, 2.24) is 0 Å². The lowest BCUT2D eigenvalue weighted by atomic mass is 10.1. The highest BCUT2D eigenvalue weighted by Crippen LogP contribution is 2.21. The number of hydrogen-bond donors (Lipinski definition) is 2. The number of hydrogen-bond acceptors (Lipinski definition) is 3. The van der Waals surface area contributed by atoms with Crippen LogP contribution in [0.25, 0.3) is 0 Å². The molecule has 110 valence electrons. The minimum Gasteiger partial charge on any atom is -0.435 e. The third-order valence-corrected chi connectivity index (χ3v) is 2.87. The normalized spacial score (nSPS) is 10.5. The van der Waals surface area contributed by atoms with Crippen LogP contribution in [0, 0.1) is 6.92 Å². The highest BCUT2D eigenvalue weighted by Gasteiger charge is 2.13. The average Bonchev–Trinajstić information content (AvgIpc) is 2.40. The summed E-state index contributed by atoms with van der Waals surface area (Å²) in [5.74, 6) is -0.327. The van der Waals surface area contributed by atoms with E-state index in [2.05, 4.69) is 10.1 Å². The van der Waals surface area contributed by atoms with Crippen molar-refractivity contribution >= 4 is 17.3 Å². The molecule has 21 heavy (non-hydrogen) atoms. The van der Waals surface area contributed by atoms with Crippen molar-refractivity contribution < 1.29 is 18.3 Å². The molecule has 0 aliphatic rings. The summed E-state index contributed by atoms with van der Waals surface area (Å²) in [6, 6.07) is 10.8. The number of carbonyl (C=O) groups is 1. The molecule has 0 aliphatic heterocycles. The number of halogens is 2. The molecule has 0 aromatic heterocycles. The molecule has 4 nitrogen and oxygen atoms in total. The van der Waals surface area contributed by atoms with Gasteiger partial charge in [0, 0.05) is 11.4 Å². The minimum absolute atomic E-state index is 0.0263. The van der Waals surface area contributed by atoms with E-state index in [1.54, 1.807) is 25.1 Å². The maximum absolute atomic E-state index is 12.2. The zero-order chi connectivity index (χ0) is 15.4. The number of nitrogens with one attached hydrogen (secondary N) is 1. The number of nitrogens with two attached hydrogens (primary N) is 1. The highest BCUT2D eigenvalue weighted by atomic mass is 19.3. The van der Waals surface area contributed by atoms with Crippen LogP contribution in [-0.2, 0) is 0 Å². The van der Waals surface area contributed by atoms with E-state index in [-0.39, 0.29) is 11.7 Å². The molecule has 0 fully saturated rings. The van der Waals surface area contributed by atoms with E-state index in [0.29, 0.717) is 16.9 Å². The number of nitrogen functional groups attached to an aromatic ring is 1. The Morgan fingerprint density at radius 1 is 1.19 bits per heavy atom. The van der Waals surface area contributed by atoms with Crippen LogP contribution >= 0.6 is 0 Å². The fraction of sp³-hybridized carbons (Fsp3) is 0.133. The van der Waals surface area contributed by atoms with Gasteiger partial charge in [0.25, 0.3) is 5.91 Å². The van der Waals surface area contributed by atoms with Crippen molar-refractivity contribution in [2.45, 2.75) is 13.5 Å². The molecular weight excluding hydrogens is 278 g/mol. The third-order valence-electron chi connectivity index (χ3n) is 2.87. The van der Waals surface area contributed by atoms with Gasteiger partial charge in [0.2, 0.25) is 0 Å². The number of carbonyl (C=O) groups excluding carboxylic acids is 1. The third kappa shape index (κ3) is 3.68. The number of rotatable bonds is 4. The molecule has 0 heterocycles. The molecule has 0 saturated heterocycles. The van der Waals surface area contributed by atoms with E-state index >= 15 is 0 Å². The standard InChI is InChI=1S/C15H14F2N2O2/c1-9-3-2-4-12(18)13(9)14(20)19-10-5-7-11(8-6-10)21-15(16)17/h2-8,15H,18H2,1H3,(H,19,20). The summed E-state index contributed by atoms with van der Waals surface area (Å²) in [4.78, 5) is 12.2. The van der Waals surface area contributed by atoms with Crippen LogP contribution in [-0.4, -0.2) is 12.5 Å². The van der Waals surface area contributed by atoms with E-state index in [9.17, 15) is 13.6 Å².